The van der Waals surface area contributed by atoms with Crippen LogP contribution < -0.4 is 9.47 Å². The van der Waals surface area contributed by atoms with Crippen molar-refractivity contribution in [1.29, 1.82) is 0 Å². The molecule has 0 aromatic heterocycles. The van der Waals surface area contributed by atoms with Gasteiger partial charge in [0.25, 0.3) is 5.60 Å². The van der Waals surface area contributed by atoms with Gasteiger partial charge in [-0.15, -0.1) is 0 Å². The number of fused-ring (bicyclic) bond motifs is 10. The van der Waals surface area contributed by atoms with Gasteiger partial charge in [-0.25, -0.2) is 9.78 Å². The van der Waals surface area contributed by atoms with Crippen LogP contribution in [0.3, 0.4) is 0 Å². The number of unbranched alkanes of at least 4 members (excludes halogenated alkanes) is 4. The molecule has 0 spiro atoms. The van der Waals surface area contributed by atoms with E-state index < -0.39 is 36.3 Å². The third-order valence-corrected chi connectivity index (χ3v) is 31.0. The quantitative estimate of drug-likeness (QED) is 0.0208. The molecule has 0 heterocycles. The Kier molecular flexibility index (Phi) is 32.4. The second-order valence-corrected chi connectivity index (χ2v) is 39.5. The average Bonchev–Trinajstić information content (AvgIpc) is 1.53. The predicted octanol–water partition coefficient (Wildman–Crippen LogP) is 21.9. The number of nitrogens with zero attached hydrogens (tertiary/aromatic N) is 2. The van der Waals surface area contributed by atoms with Gasteiger partial charge in [-0.05, 0) is 303 Å². The van der Waals surface area contributed by atoms with Crippen LogP contribution in [0.2, 0.25) is 0 Å². The first-order valence-electron chi connectivity index (χ1n) is 38.5. The molecule has 8 rings (SSSR count). The lowest BCUT2D eigenvalue weighted by Gasteiger charge is -2.50. The number of hydrogen-bond donors (Lipinski definition) is 0. The van der Waals surface area contributed by atoms with Gasteiger partial charge in [0.2, 0.25) is 0 Å². The number of aryl methyl sites for hydroxylation is 2. The molecule has 6 aliphatic carbocycles. The van der Waals surface area contributed by atoms with E-state index in [4.69, 9.17) is 33.5 Å². The van der Waals surface area contributed by atoms with Crippen LogP contribution in [0.5, 0.6) is 11.5 Å². The summed E-state index contributed by atoms with van der Waals surface area (Å²) in [6.07, 6.45) is 7.80. The number of halogens is 9. The number of ether oxygens (including phenoxy) is 6. The molecule has 0 radical (unpaired) electrons. The Morgan fingerprint density at radius 1 is 0.490 bits per heavy atom. The summed E-state index contributed by atoms with van der Waals surface area (Å²) in [4.78, 5) is 16.0. The van der Waals surface area contributed by atoms with Crippen molar-refractivity contribution in [2.45, 2.75) is 280 Å². The van der Waals surface area contributed by atoms with Gasteiger partial charge < -0.3 is 38.2 Å². The molecule has 2 aromatic rings. The Morgan fingerprint density at radius 3 is 1.42 bits per heavy atom. The molecule has 0 saturated heterocycles. The maximum Gasteiger partial charge on any atom is 0.426 e. The molecule has 0 bridgehead atoms. The van der Waals surface area contributed by atoms with Gasteiger partial charge >= 0.3 is 18.5 Å². The summed E-state index contributed by atoms with van der Waals surface area (Å²) in [6, 6.07) is 13.4. The second kappa shape index (κ2) is 38.4. The minimum atomic E-state index is -5.57. The van der Waals surface area contributed by atoms with Crippen LogP contribution in [-0.2, 0) is 41.6 Å². The highest BCUT2D eigenvalue weighted by atomic mass is 33.1. The lowest BCUT2D eigenvalue weighted by Crippen LogP contribution is -2.56. The van der Waals surface area contributed by atoms with E-state index in [0.29, 0.717) is 80.9 Å². The fourth-order valence-electron chi connectivity index (χ4n) is 17.2. The fraction of sp³-hybridized carbons (Fsp3) is 0.848. The number of benzene rings is 2. The maximum atomic E-state index is 13.3. The first kappa shape index (κ1) is 86.1. The van der Waals surface area contributed by atoms with Crippen LogP contribution in [0.4, 0.5) is 39.5 Å². The van der Waals surface area contributed by atoms with Gasteiger partial charge in [-0.2, -0.15) is 39.5 Å². The summed E-state index contributed by atoms with van der Waals surface area (Å²) >= 11 is 0. The van der Waals surface area contributed by atoms with E-state index in [0.717, 1.165) is 166 Å². The predicted molar refractivity (Wildman–Crippen MR) is 400 cm³/mol. The molecule has 11 atom stereocenters. The molecule has 10 nitrogen and oxygen atoms in total. The molecule has 0 N–H and O–H groups in total. The van der Waals surface area contributed by atoms with E-state index >= 15 is 0 Å². The number of rotatable bonds is 45. The van der Waals surface area contributed by atoms with Crippen molar-refractivity contribution in [3.05, 3.63) is 58.7 Å². The molecule has 4 fully saturated rings. The largest absolute Gasteiger partial charge is 0.492 e. The number of likely N-dealkylation sites (N-methyl/N-ethyl adjacent to an activating group) is 2. The molecule has 0 aliphatic heterocycles. The van der Waals surface area contributed by atoms with Gasteiger partial charge in [0.15, 0.2) is 5.60 Å². The normalized spacial score (nSPS) is 25.8. The third-order valence-electron chi connectivity index (χ3n) is 24.1. The Bertz CT molecular complexity index is 2820. The van der Waals surface area contributed by atoms with E-state index in [1.54, 1.807) is 0 Å². The van der Waals surface area contributed by atoms with Gasteiger partial charge in [0.1, 0.15) is 24.7 Å². The third kappa shape index (κ3) is 23.8. The van der Waals surface area contributed by atoms with Crippen LogP contribution in [-0.4, -0.2) is 166 Å². The van der Waals surface area contributed by atoms with Crippen molar-refractivity contribution in [1.82, 2.24) is 9.80 Å². The lowest BCUT2D eigenvalue weighted by molar-refractivity contribution is -0.374. The van der Waals surface area contributed by atoms with Crippen molar-refractivity contribution in [2.24, 2.45) is 40.4 Å². The molecule has 23 heteroatoms. The molecular weight excluding hydrogens is 1400 g/mol. The topological polar surface area (TPSA) is 80.3 Å². The van der Waals surface area contributed by atoms with Gasteiger partial charge in [0.05, 0.1) is 32.0 Å². The van der Waals surface area contributed by atoms with Crippen LogP contribution in [0.1, 0.15) is 238 Å². The minimum absolute atomic E-state index is 0.0363. The van der Waals surface area contributed by atoms with Crippen LogP contribution in [0.15, 0.2) is 36.4 Å². The molecule has 2 aromatic carbocycles. The molecular formula is C79H125F9N2O8S4. The first-order chi connectivity index (χ1) is 48.1. The summed E-state index contributed by atoms with van der Waals surface area (Å²) in [7, 11) is 12.4. The Morgan fingerprint density at radius 2 is 0.951 bits per heavy atom. The lowest BCUT2D eigenvalue weighted by atomic mass is 9.55. The average molecular weight is 1530 g/mol. The summed E-state index contributed by atoms with van der Waals surface area (Å²) in [5.41, 5.74) is -0.610. The zero-order valence-corrected chi connectivity index (χ0v) is 66.8. The van der Waals surface area contributed by atoms with E-state index in [9.17, 15) is 39.5 Å². The molecule has 102 heavy (non-hydrogen) atoms. The van der Waals surface area contributed by atoms with Gasteiger partial charge in [0, 0.05) is 53.9 Å². The summed E-state index contributed by atoms with van der Waals surface area (Å²) in [5, 5.41) is 0. The molecule has 11 unspecified atom stereocenters. The van der Waals surface area contributed by atoms with Crippen LogP contribution in [0, 0.1) is 40.4 Å². The van der Waals surface area contributed by atoms with Crippen LogP contribution >= 0.6 is 43.2 Å². The van der Waals surface area contributed by atoms with E-state index in [-0.39, 0.29) is 59.1 Å². The van der Waals surface area contributed by atoms with Gasteiger partial charge in [-0.3, -0.25) is 0 Å². The van der Waals surface area contributed by atoms with Crippen molar-refractivity contribution in [2.75, 3.05) is 105 Å². The second-order valence-electron chi connectivity index (χ2n) is 33.2. The van der Waals surface area contributed by atoms with Crippen molar-refractivity contribution >= 4 is 43.2 Å². The minimum Gasteiger partial charge on any atom is -0.492 e. The van der Waals surface area contributed by atoms with Gasteiger partial charge in [-0.1, -0.05) is 95.3 Å². The zero-order valence-electron chi connectivity index (χ0n) is 63.5. The maximum absolute atomic E-state index is 13.3. The van der Waals surface area contributed by atoms with Crippen molar-refractivity contribution in [3.8, 4) is 11.5 Å². The first-order valence-corrected chi connectivity index (χ1v) is 43.2. The molecule has 4 saturated carbocycles. The Hall–Kier alpha value is -1.51. The summed E-state index contributed by atoms with van der Waals surface area (Å²) in [5.74, 6) is 7.85. The SMILES string of the molecule is CC(CCCCSSC(C)(C)CCN(C)CCOc1ccc2c(c1)CCC1C2CCC2(C)C(OCCCOC(C)(C(F)(F)F)C(F)(F)F)CCC12)COOCCCCCCSSC(C)(C)CCN(C)CCOc1ccc2c(c1)CCC1C2CCC2(C)C(OCCCOC(C)(C)C(F)(F)F)CCC12. The summed E-state index contributed by atoms with van der Waals surface area (Å²) < 4.78 is 155. The highest BCUT2D eigenvalue weighted by molar-refractivity contribution is 8.77. The number of alkyl halides is 9. The van der Waals surface area contributed by atoms with Crippen molar-refractivity contribution < 1.29 is 77.7 Å². The Labute approximate surface area is 622 Å². The monoisotopic (exact) mass is 1530 g/mol. The van der Waals surface area contributed by atoms with Crippen LogP contribution in [0.25, 0.3) is 0 Å². The molecule has 6 aliphatic rings. The highest BCUT2D eigenvalue weighted by Crippen LogP contribution is 2.64. The summed E-state index contributed by atoms with van der Waals surface area (Å²) in [6.45, 7) is 24.7. The fourth-order valence-corrected chi connectivity index (χ4v) is 22.7. The molecule has 586 valence electrons. The number of hydrogen-bond acceptors (Lipinski definition) is 14. The highest BCUT2D eigenvalue weighted by Gasteiger charge is 2.69. The molecule has 0 amide bonds. The zero-order chi connectivity index (χ0) is 74.2. The van der Waals surface area contributed by atoms with E-state index in [1.165, 1.54) is 54.4 Å². The van der Waals surface area contributed by atoms with Crippen molar-refractivity contribution in [3.63, 3.8) is 0 Å². The Balaban J connectivity index is 0.575. The van der Waals surface area contributed by atoms with E-state index in [1.807, 2.05) is 43.2 Å². The smallest absolute Gasteiger partial charge is 0.426 e. The van der Waals surface area contributed by atoms with E-state index in [2.05, 4.69) is 113 Å². The standard InChI is InChI=1S/C79H125F9N2O8S4/c1-56(21-15-18-52-100-102-72(4,5)39-41-90(12)43-50-92-60-25-29-62-58(54-60)23-27-66-64(62)35-37-75(9)68(66)31-33-70(75)94-45-20-47-96-76(10,78(83,84)85)79(86,87)88)55-98-97-48-16-13-14-17-51-99-101-71(2,3)38-40-89(11)42-49-91-59-24-28-61-57(53-59)22-26-65-63(61)34-36-74(8)67(65)30-32-69(74)93-44-19-46-95-73(6,7)77(80,81)82/h24-25,28-29,53-54,56,63-70H,13-23,26-27,30-52,55H2,1-12H3.